The number of amidine groups is 1. The molecule has 0 aromatic carbocycles. The first-order valence-corrected chi connectivity index (χ1v) is 7.32. The molecule has 1 unspecified atom stereocenters. The van der Waals surface area contributed by atoms with Crippen molar-refractivity contribution in [3.8, 4) is 0 Å². The van der Waals surface area contributed by atoms with E-state index >= 15 is 0 Å². The number of rotatable bonds is 3. The van der Waals surface area contributed by atoms with Gasteiger partial charge in [-0.3, -0.25) is 0 Å². The van der Waals surface area contributed by atoms with Crippen LogP contribution in [0, 0.1) is 5.92 Å². The summed E-state index contributed by atoms with van der Waals surface area (Å²) in [5.41, 5.74) is 2.36. The van der Waals surface area contributed by atoms with Crippen molar-refractivity contribution in [1.29, 1.82) is 0 Å². The molecule has 0 bridgehead atoms. The largest absolute Gasteiger partial charge is 0.394 e. The van der Waals surface area contributed by atoms with Crippen LogP contribution < -0.4 is 5.48 Å². The van der Waals surface area contributed by atoms with Gasteiger partial charge < -0.3 is 34.9 Å². The van der Waals surface area contributed by atoms with E-state index in [1.807, 2.05) is 0 Å². The Morgan fingerprint density at radius 1 is 1.39 bits per heavy atom. The van der Waals surface area contributed by atoms with Crippen molar-refractivity contribution in [1.82, 2.24) is 10.4 Å². The minimum absolute atomic E-state index is 0.0731. The van der Waals surface area contributed by atoms with Crippen LogP contribution in [0.4, 0.5) is 0 Å². The van der Waals surface area contributed by atoms with Gasteiger partial charge in [0, 0.05) is 6.20 Å². The lowest BCUT2D eigenvalue weighted by molar-refractivity contribution is -0.149. The molecular weight excluding hydrogens is 310 g/mol. The molecule has 2 heterocycles. The minimum Gasteiger partial charge on any atom is -0.394 e. The second kappa shape index (κ2) is 6.42. The van der Waals surface area contributed by atoms with Crippen molar-refractivity contribution in [2.45, 2.75) is 43.7 Å². The van der Waals surface area contributed by atoms with E-state index in [0.717, 1.165) is 12.8 Å². The standard InChI is InChI=1S/C13H19N3O7/c17-5-7-9(18)10(19)11(22-7)16-4-3-8(14-13(16)21)15-23-12(20)6-1-2-6/h3-4,6-7,9-11,13,17-19,21H,1-2,5H2,(H,14,15)/t7-,9-,10-,11-,13?/m1/s1. The maximum absolute atomic E-state index is 11.4. The summed E-state index contributed by atoms with van der Waals surface area (Å²) in [6, 6.07) is 0. The predicted molar refractivity (Wildman–Crippen MR) is 74.1 cm³/mol. The Bertz CT molecular complexity index is 522. The van der Waals surface area contributed by atoms with Gasteiger partial charge in [-0.2, -0.15) is 0 Å². The molecule has 23 heavy (non-hydrogen) atoms. The third kappa shape index (κ3) is 3.31. The molecule has 2 fully saturated rings. The Balaban J connectivity index is 1.58. The fraction of sp³-hybridized carbons (Fsp3) is 0.692. The zero-order valence-electron chi connectivity index (χ0n) is 12.1. The topological polar surface area (TPSA) is 144 Å². The zero-order chi connectivity index (χ0) is 16.6. The van der Waals surface area contributed by atoms with Crippen molar-refractivity contribution in [2.75, 3.05) is 6.61 Å². The molecule has 0 aromatic heterocycles. The molecule has 128 valence electrons. The fourth-order valence-electron chi connectivity index (χ4n) is 2.38. The number of aliphatic hydroxyl groups excluding tert-OH is 4. The van der Waals surface area contributed by atoms with E-state index in [4.69, 9.17) is 14.7 Å². The molecule has 3 aliphatic rings. The normalized spacial score (nSPS) is 36.8. The van der Waals surface area contributed by atoms with Crippen LogP contribution in [0.25, 0.3) is 0 Å². The van der Waals surface area contributed by atoms with Crippen molar-refractivity contribution < 1.29 is 34.8 Å². The number of nitrogens with one attached hydrogen (secondary N) is 1. The second-order valence-electron chi connectivity index (χ2n) is 5.65. The number of hydrogen-bond acceptors (Lipinski definition) is 10. The lowest BCUT2D eigenvalue weighted by atomic mass is 10.1. The number of carbonyl (C=O) groups is 1. The average Bonchev–Trinajstić information content (AvgIpc) is 3.34. The second-order valence-corrected chi connectivity index (χ2v) is 5.65. The highest BCUT2D eigenvalue weighted by Gasteiger charge is 2.46. The smallest absolute Gasteiger partial charge is 0.335 e. The summed E-state index contributed by atoms with van der Waals surface area (Å²) >= 11 is 0. The molecule has 5 N–H and O–H groups in total. The molecular formula is C13H19N3O7. The summed E-state index contributed by atoms with van der Waals surface area (Å²) in [6.07, 6.45) is -1.59. The number of aliphatic imine (C=N–C) groups is 1. The monoisotopic (exact) mass is 329 g/mol. The van der Waals surface area contributed by atoms with Gasteiger partial charge in [0.1, 0.15) is 18.3 Å². The molecule has 0 spiro atoms. The summed E-state index contributed by atoms with van der Waals surface area (Å²) in [5.74, 6) is -0.313. The highest BCUT2D eigenvalue weighted by molar-refractivity contribution is 5.93. The number of nitrogens with zero attached hydrogens (tertiary/aromatic N) is 2. The fourth-order valence-corrected chi connectivity index (χ4v) is 2.38. The summed E-state index contributed by atoms with van der Waals surface area (Å²) < 4.78 is 5.31. The van der Waals surface area contributed by atoms with E-state index in [9.17, 15) is 20.1 Å². The van der Waals surface area contributed by atoms with Crippen LogP contribution >= 0.6 is 0 Å². The van der Waals surface area contributed by atoms with Crippen molar-refractivity contribution in [3.63, 3.8) is 0 Å². The van der Waals surface area contributed by atoms with Gasteiger partial charge in [0.2, 0.25) is 6.35 Å². The van der Waals surface area contributed by atoms with Crippen LogP contribution in [0.5, 0.6) is 0 Å². The lowest BCUT2D eigenvalue weighted by Crippen LogP contribution is -2.48. The number of aliphatic hydroxyl groups is 4. The molecule has 0 amide bonds. The maximum Gasteiger partial charge on any atom is 0.335 e. The Morgan fingerprint density at radius 2 is 2.13 bits per heavy atom. The molecule has 10 nitrogen and oxygen atoms in total. The lowest BCUT2D eigenvalue weighted by Gasteiger charge is -2.33. The third-order valence-corrected chi connectivity index (χ3v) is 3.90. The van der Waals surface area contributed by atoms with Gasteiger partial charge in [-0.25, -0.2) is 15.3 Å². The van der Waals surface area contributed by atoms with Gasteiger partial charge in [-0.1, -0.05) is 0 Å². The SMILES string of the molecule is O=C(ONC1=NC(O)N([C@@H]2O[C@H](CO)[C@@H](O)[C@H]2O)C=C1)C1CC1. The molecule has 1 saturated heterocycles. The number of hydroxylamine groups is 1. The molecule has 2 aliphatic heterocycles. The highest BCUT2D eigenvalue weighted by Crippen LogP contribution is 2.30. The van der Waals surface area contributed by atoms with Gasteiger partial charge >= 0.3 is 5.97 Å². The van der Waals surface area contributed by atoms with Gasteiger partial charge in [0.25, 0.3) is 0 Å². The average molecular weight is 329 g/mol. The van der Waals surface area contributed by atoms with E-state index < -0.39 is 37.5 Å². The third-order valence-electron chi connectivity index (χ3n) is 3.90. The van der Waals surface area contributed by atoms with E-state index in [1.54, 1.807) is 0 Å². The van der Waals surface area contributed by atoms with Crippen LogP contribution in [-0.4, -0.2) is 74.6 Å². The molecule has 10 heteroatoms. The van der Waals surface area contributed by atoms with E-state index in [2.05, 4.69) is 10.5 Å². The molecule has 0 aromatic rings. The highest BCUT2D eigenvalue weighted by atomic mass is 16.7. The summed E-state index contributed by atoms with van der Waals surface area (Å²) in [5, 5.41) is 38.7. The van der Waals surface area contributed by atoms with Gasteiger partial charge in [-0.15, -0.1) is 0 Å². The zero-order valence-corrected chi connectivity index (χ0v) is 12.1. The van der Waals surface area contributed by atoms with Gasteiger partial charge in [-0.05, 0) is 18.9 Å². The molecule has 0 radical (unpaired) electrons. The molecule has 3 rings (SSSR count). The van der Waals surface area contributed by atoms with Crippen molar-refractivity contribution >= 4 is 11.8 Å². The van der Waals surface area contributed by atoms with E-state index in [1.165, 1.54) is 17.2 Å². The van der Waals surface area contributed by atoms with E-state index in [0.29, 0.717) is 0 Å². The summed E-state index contributed by atoms with van der Waals surface area (Å²) in [6.45, 7) is -0.463. The number of ether oxygens (including phenoxy) is 1. The van der Waals surface area contributed by atoms with Gasteiger partial charge in [0.15, 0.2) is 12.1 Å². The molecule has 5 atom stereocenters. The minimum atomic E-state index is -1.41. The first-order valence-electron chi connectivity index (χ1n) is 7.32. The number of hydrogen-bond donors (Lipinski definition) is 5. The first kappa shape index (κ1) is 16.1. The van der Waals surface area contributed by atoms with Crippen LogP contribution in [0.2, 0.25) is 0 Å². The van der Waals surface area contributed by atoms with Crippen LogP contribution in [0.3, 0.4) is 0 Å². The quantitative estimate of drug-likeness (QED) is 0.352. The van der Waals surface area contributed by atoms with Crippen molar-refractivity contribution in [2.24, 2.45) is 10.9 Å². The first-order chi connectivity index (χ1) is 11.0. The number of carbonyl (C=O) groups excluding carboxylic acids is 1. The van der Waals surface area contributed by atoms with Gasteiger partial charge in [0.05, 0.1) is 12.5 Å². The Labute approximate surface area is 131 Å². The Kier molecular flexibility index (Phi) is 4.50. The summed E-state index contributed by atoms with van der Waals surface area (Å²) in [4.78, 5) is 21.3. The van der Waals surface area contributed by atoms with Crippen LogP contribution in [0.15, 0.2) is 17.3 Å². The predicted octanol–water partition coefficient (Wildman–Crippen LogP) is -2.61. The van der Waals surface area contributed by atoms with Crippen LogP contribution in [-0.2, 0) is 14.4 Å². The Morgan fingerprint density at radius 3 is 2.70 bits per heavy atom. The maximum atomic E-state index is 11.4. The van der Waals surface area contributed by atoms with E-state index in [-0.39, 0.29) is 17.7 Å². The molecule has 1 saturated carbocycles. The van der Waals surface area contributed by atoms with Crippen molar-refractivity contribution in [3.05, 3.63) is 12.3 Å². The molecule has 1 aliphatic carbocycles. The van der Waals surface area contributed by atoms with Crippen LogP contribution in [0.1, 0.15) is 12.8 Å². The Hall–Kier alpha value is -1.72. The summed E-state index contributed by atoms with van der Waals surface area (Å²) in [7, 11) is 0.